The number of hydrogen-bond acceptors (Lipinski definition) is 3. The lowest BCUT2D eigenvalue weighted by Crippen LogP contribution is -2.41. The van der Waals surface area contributed by atoms with Gasteiger partial charge in [0.25, 0.3) is 0 Å². The van der Waals surface area contributed by atoms with Crippen molar-refractivity contribution in [1.82, 2.24) is 5.32 Å². The highest BCUT2D eigenvalue weighted by atomic mass is 19.4. The van der Waals surface area contributed by atoms with Crippen LogP contribution >= 0.6 is 0 Å². The summed E-state index contributed by atoms with van der Waals surface area (Å²) in [6.45, 7) is 10.5. The molecule has 0 aliphatic carbocycles. The van der Waals surface area contributed by atoms with Gasteiger partial charge < -0.3 is 14.6 Å². The maximum Gasteiger partial charge on any atom is 0.492 e. The number of halogens is 3. The second kappa shape index (κ2) is 7.32. The summed E-state index contributed by atoms with van der Waals surface area (Å²) in [7, 11) is -0.768. The minimum atomic E-state index is -4.43. The lowest BCUT2D eigenvalue weighted by atomic mass is 9.76. The molecule has 1 aliphatic rings. The van der Waals surface area contributed by atoms with Crippen LogP contribution in [0.15, 0.2) is 23.7 Å². The minimum Gasteiger partial charge on any atom is -0.400 e. The van der Waals surface area contributed by atoms with Crippen molar-refractivity contribution in [3.63, 3.8) is 0 Å². The normalized spacial score (nSPS) is 19.3. The van der Waals surface area contributed by atoms with Crippen molar-refractivity contribution in [3.05, 3.63) is 40.4 Å². The van der Waals surface area contributed by atoms with Gasteiger partial charge in [-0.05, 0) is 57.3 Å². The van der Waals surface area contributed by atoms with Crippen LogP contribution in [-0.2, 0) is 20.3 Å². The standard InChI is InChI=1S/C19H25BF3NO3/c1-12-14(8-7-9-16(12)19(21,22)23)10-15(11-24-13(2)25)20-26-17(3,4)18(5,6)27-20/h7-10H,11H2,1-6H3,(H,24,25). The first-order chi connectivity index (χ1) is 12.2. The average molecular weight is 383 g/mol. The molecule has 0 atom stereocenters. The first-order valence-electron chi connectivity index (χ1n) is 8.72. The molecule has 0 aromatic heterocycles. The van der Waals surface area contributed by atoms with E-state index >= 15 is 0 Å². The van der Waals surface area contributed by atoms with E-state index in [9.17, 15) is 18.0 Å². The molecule has 1 aliphatic heterocycles. The van der Waals surface area contributed by atoms with Gasteiger partial charge in [0, 0.05) is 13.5 Å². The van der Waals surface area contributed by atoms with Gasteiger partial charge in [0.05, 0.1) is 16.8 Å². The van der Waals surface area contributed by atoms with Gasteiger partial charge in [-0.2, -0.15) is 13.2 Å². The maximum atomic E-state index is 13.2. The molecule has 1 aromatic rings. The number of amides is 1. The van der Waals surface area contributed by atoms with Crippen LogP contribution in [0.25, 0.3) is 6.08 Å². The number of carbonyl (C=O) groups is 1. The van der Waals surface area contributed by atoms with Crippen LogP contribution < -0.4 is 5.32 Å². The van der Waals surface area contributed by atoms with E-state index in [1.807, 2.05) is 27.7 Å². The van der Waals surface area contributed by atoms with Gasteiger partial charge in [-0.3, -0.25) is 4.79 Å². The third kappa shape index (κ3) is 4.73. The fourth-order valence-corrected chi connectivity index (χ4v) is 2.74. The topological polar surface area (TPSA) is 47.6 Å². The fraction of sp³-hybridized carbons (Fsp3) is 0.526. The molecule has 0 unspecified atom stereocenters. The van der Waals surface area contributed by atoms with Crippen molar-refractivity contribution in [2.45, 2.75) is 58.9 Å². The Kier molecular flexibility index (Phi) is 5.83. The number of benzene rings is 1. The van der Waals surface area contributed by atoms with Crippen LogP contribution in [0.3, 0.4) is 0 Å². The van der Waals surface area contributed by atoms with Gasteiger partial charge in [0.2, 0.25) is 5.91 Å². The molecule has 1 aromatic carbocycles. The summed E-state index contributed by atoms with van der Waals surface area (Å²) >= 11 is 0. The molecule has 148 valence electrons. The molecule has 8 heteroatoms. The fourth-order valence-electron chi connectivity index (χ4n) is 2.74. The van der Waals surface area contributed by atoms with Crippen LogP contribution in [0, 0.1) is 6.92 Å². The Morgan fingerprint density at radius 2 is 1.74 bits per heavy atom. The summed E-state index contributed by atoms with van der Waals surface area (Å²) in [6, 6.07) is 4.01. The Labute approximate surface area is 158 Å². The molecule has 1 N–H and O–H groups in total. The summed E-state index contributed by atoms with van der Waals surface area (Å²) in [5, 5.41) is 2.67. The second-order valence-electron chi connectivity index (χ2n) is 7.73. The van der Waals surface area contributed by atoms with Crippen LogP contribution in [0.1, 0.15) is 51.3 Å². The van der Waals surface area contributed by atoms with Crippen molar-refractivity contribution >= 4 is 19.1 Å². The molecule has 0 spiro atoms. The zero-order valence-electron chi connectivity index (χ0n) is 16.5. The van der Waals surface area contributed by atoms with E-state index in [0.29, 0.717) is 11.0 Å². The Morgan fingerprint density at radius 3 is 2.22 bits per heavy atom. The van der Waals surface area contributed by atoms with Crippen molar-refractivity contribution < 1.29 is 27.3 Å². The van der Waals surface area contributed by atoms with E-state index in [1.54, 1.807) is 12.1 Å². The van der Waals surface area contributed by atoms with Gasteiger partial charge in [0.15, 0.2) is 0 Å². The molecular formula is C19H25BF3NO3. The summed E-state index contributed by atoms with van der Waals surface area (Å²) in [4.78, 5) is 11.4. The van der Waals surface area contributed by atoms with Crippen molar-refractivity contribution in [1.29, 1.82) is 0 Å². The monoisotopic (exact) mass is 383 g/mol. The van der Waals surface area contributed by atoms with E-state index in [1.165, 1.54) is 19.9 Å². The molecule has 1 heterocycles. The number of carbonyl (C=O) groups excluding carboxylic acids is 1. The smallest absolute Gasteiger partial charge is 0.400 e. The zero-order chi connectivity index (χ0) is 20.6. The summed E-state index contributed by atoms with van der Waals surface area (Å²) in [6.07, 6.45) is -2.83. The van der Waals surface area contributed by atoms with Crippen LogP contribution in [0.4, 0.5) is 13.2 Å². The average Bonchev–Trinajstić information content (AvgIpc) is 2.71. The van der Waals surface area contributed by atoms with Gasteiger partial charge in [-0.15, -0.1) is 0 Å². The number of rotatable bonds is 4. The Hall–Kier alpha value is -1.80. The van der Waals surface area contributed by atoms with Crippen molar-refractivity contribution in [3.8, 4) is 0 Å². The molecule has 2 rings (SSSR count). The lowest BCUT2D eigenvalue weighted by molar-refractivity contribution is -0.138. The summed E-state index contributed by atoms with van der Waals surface area (Å²) in [5.41, 5.74) is -0.830. The molecule has 27 heavy (non-hydrogen) atoms. The van der Waals surface area contributed by atoms with Crippen LogP contribution in [0.5, 0.6) is 0 Å². The Morgan fingerprint density at radius 1 is 1.19 bits per heavy atom. The quantitative estimate of drug-likeness (QED) is 0.795. The van der Waals surface area contributed by atoms with E-state index in [2.05, 4.69) is 5.32 Å². The second-order valence-corrected chi connectivity index (χ2v) is 7.73. The summed E-state index contributed by atoms with van der Waals surface area (Å²) < 4.78 is 51.6. The third-order valence-corrected chi connectivity index (χ3v) is 5.12. The summed E-state index contributed by atoms with van der Waals surface area (Å²) in [5.74, 6) is -0.252. The zero-order valence-corrected chi connectivity index (χ0v) is 16.5. The first-order valence-corrected chi connectivity index (χ1v) is 8.72. The predicted octanol–water partition coefficient (Wildman–Crippen LogP) is 4.16. The maximum absolute atomic E-state index is 13.2. The predicted molar refractivity (Wildman–Crippen MR) is 98.9 cm³/mol. The number of alkyl halides is 3. The third-order valence-electron chi connectivity index (χ3n) is 5.12. The minimum absolute atomic E-state index is 0.113. The molecule has 1 saturated heterocycles. The molecular weight excluding hydrogens is 358 g/mol. The number of hydrogen-bond donors (Lipinski definition) is 1. The van der Waals surface area contributed by atoms with Crippen LogP contribution in [-0.4, -0.2) is 30.8 Å². The van der Waals surface area contributed by atoms with E-state index in [4.69, 9.17) is 9.31 Å². The van der Waals surface area contributed by atoms with Gasteiger partial charge in [-0.1, -0.05) is 18.2 Å². The highest BCUT2D eigenvalue weighted by molar-refractivity contribution is 6.56. The van der Waals surface area contributed by atoms with Crippen LogP contribution in [0.2, 0.25) is 0 Å². The largest absolute Gasteiger partial charge is 0.492 e. The van der Waals surface area contributed by atoms with E-state index < -0.39 is 30.1 Å². The Bertz CT molecular complexity index is 741. The molecule has 1 amide bonds. The van der Waals surface area contributed by atoms with E-state index in [0.717, 1.165) is 6.07 Å². The Balaban J connectivity index is 2.45. The van der Waals surface area contributed by atoms with Crippen molar-refractivity contribution in [2.24, 2.45) is 0 Å². The molecule has 0 saturated carbocycles. The number of nitrogens with one attached hydrogen (secondary N) is 1. The van der Waals surface area contributed by atoms with E-state index in [-0.39, 0.29) is 18.0 Å². The highest BCUT2D eigenvalue weighted by Gasteiger charge is 2.52. The molecule has 0 radical (unpaired) electrons. The van der Waals surface area contributed by atoms with Gasteiger partial charge in [-0.25, -0.2) is 0 Å². The molecule has 1 fully saturated rings. The lowest BCUT2D eigenvalue weighted by Gasteiger charge is -2.32. The first kappa shape index (κ1) is 21.5. The SMILES string of the molecule is CC(=O)NCC(=Cc1cccc(C(F)(F)F)c1C)B1OC(C)(C)C(C)(C)O1. The van der Waals surface area contributed by atoms with Gasteiger partial charge >= 0.3 is 13.3 Å². The highest BCUT2D eigenvalue weighted by Crippen LogP contribution is 2.39. The molecule has 0 bridgehead atoms. The molecule has 4 nitrogen and oxygen atoms in total. The van der Waals surface area contributed by atoms with Crippen molar-refractivity contribution in [2.75, 3.05) is 6.54 Å². The van der Waals surface area contributed by atoms with Gasteiger partial charge in [0.1, 0.15) is 0 Å².